The second kappa shape index (κ2) is 6.75. The lowest BCUT2D eigenvalue weighted by Crippen LogP contribution is -2.56. The summed E-state index contributed by atoms with van der Waals surface area (Å²) >= 11 is 5.84. The monoisotopic (exact) mass is 358 g/mol. The van der Waals surface area contributed by atoms with Crippen molar-refractivity contribution in [1.29, 1.82) is 5.26 Å². The van der Waals surface area contributed by atoms with Crippen molar-refractivity contribution in [3.05, 3.63) is 62.8 Å². The van der Waals surface area contributed by atoms with Crippen molar-refractivity contribution < 1.29 is 14.5 Å². The number of benzene rings is 1. The van der Waals surface area contributed by atoms with E-state index in [-0.39, 0.29) is 35.5 Å². The summed E-state index contributed by atoms with van der Waals surface area (Å²) in [5.74, 6) is -0.183. The highest BCUT2D eigenvalue weighted by molar-refractivity contribution is 6.31. The van der Waals surface area contributed by atoms with Crippen LogP contribution < -0.4 is 4.74 Å². The standard InChI is InChI=1S/C16H11ClN4O4/c17-11-1-2-14(21(23)24)13(6-11)16(22)20-8-12(9-20)25-15-5-10(7-18)3-4-19-15/h1-6,12H,8-9H2. The van der Waals surface area contributed by atoms with Gasteiger partial charge in [0.05, 0.1) is 29.6 Å². The molecular weight excluding hydrogens is 348 g/mol. The van der Waals surface area contributed by atoms with Crippen LogP contribution in [0.2, 0.25) is 5.02 Å². The number of nitro groups is 1. The van der Waals surface area contributed by atoms with Crippen molar-refractivity contribution in [3.63, 3.8) is 0 Å². The smallest absolute Gasteiger partial charge is 0.282 e. The molecule has 3 rings (SSSR count). The fourth-order valence-corrected chi connectivity index (χ4v) is 2.57. The largest absolute Gasteiger partial charge is 0.471 e. The molecule has 0 atom stereocenters. The lowest BCUT2D eigenvalue weighted by molar-refractivity contribution is -0.385. The summed E-state index contributed by atoms with van der Waals surface area (Å²) < 4.78 is 5.59. The Balaban J connectivity index is 1.67. The van der Waals surface area contributed by atoms with Crippen LogP contribution in [0.4, 0.5) is 5.69 Å². The van der Waals surface area contributed by atoms with Crippen LogP contribution in [0.15, 0.2) is 36.5 Å². The van der Waals surface area contributed by atoms with E-state index in [0.717, 1.165) is 0 Å². The molecule has 0 radical (unpaired) electrons. The number of nitro benzene ring substituents is 1. The predicted molar refractivity (Wildman–Crippen MR) is 87.4 cm³/mol. The molecule has 9 heteroatoms. The van der Waals surface area contributed by atoms with Crippen molar-refractivity contribution >= 4 is 23.2 Å². The Morgan fingerprint density at radius 2 is 2.16 bits per heavy atom. The Morgan fingerprint density at radius 3 is 2.84 bits per heavy atom. The van der Waals surface area contributed by atoms with Crippen LogP contribution in [0.25, 0.3) is 0 Å². The molecule has 0 bridgehead atoms. The molecule has 126 valence electrons. The highest BCUT2D eigenvalue weighted by atomic mass is 35.5. The number of pyridine rings is 1. The summed E-state index contributed by atoms with van der Waals surface area (Å²) in [6, 6.07) is 8.91. The maximum absolute atomic E-state index is 12.5. The van der Waals surface area contributed by atoms with Gasteiger partial charge >= 0.3 is 0 Å². The first kappa shape index (κ1) is 16.7. The lowest BCUT2D eigenvalue weighted by atomic mass is 10.1. The van der Waals surface area contributed by atoms with Gasteiger partial charge < -0.3 is 9.64 Å². The Labute approximate surface area is 147 Å². The average molecular weight is 359 g/mol. The van der Waals surface area contributed by atoms with Crippen molar-refractivity contribution in [3.8, 4) is 11.9 Å². The molecule has 1 aromatic carbocycles. The molecule has 2 heterocycles. The van der Waals surface area contributed by atoms with Gasteiger partial charge in [0, 0.05) is 23.4 Å². The van der Waals surface area contributed by atoms with Crippen LogP contribution in [-0.4, -0.2) is 39.9 Å². The fourth-order valence-electron chi connectivity index (χ4n) is 2.40. The summed E-state index contributed by atoms with van der Waals surface area (Å²) in [4.78, 5) is 28.3. The van der Waals surface area contributed by atoms with E-state index in [4.69, 9.17) is 21.6 Å². The number of carbonyl (C=O) groups excluding carboxylic acids is 1. The summed E-state index contributed by atoms with van der Waals surface area (Å²) in [5, 5.41) is 20.2. The topological polar surface area (TPSA) is 109 Å². The van der Waals surface area contributed by atoms with E-state index in [1.165, 1.54) is 35.4 Å². The normalized spacial score (nSPS) is 13.7. The number of carbonyl (C=O) groups is 1. The van der Waals surface area contributed by atoms with Gasteiger partial charge in [0.1, 0.15) is 11.7 Å². The van der Waals surface area contributed by atoms with Gasteiger partial charge in [-0.2, -0.15) is 5.26 Å². The Bertz CT molecular complexity index is 890. The van der Waals surface area contributed by atoms with E-state index >= 15 is 0 Å². The van der Waals surface area contributed by atoms with Crippen LogP contribution >= 0.6 is 11.6 Å². The van der Waals surface area contributed by atoms with E-state index in [0.29, 0.717) is 11.4 Å². The average Bonchev–Trinajstić information content (AvgIpc) is 2.57. The lowest BCUT2D eigenvalue weighted by Gasteiger charge is -2.38. The third-order valence-electron chi connectivity index (χ3n) is 3.67. The number of hydrogen-bond donors (Lipinski definition) is 0. The van der Waals surface area contributed by atoms with E-state index in [9.17, 15) is 14.9 Å². The molecule has 8 nitrogen and oxygen atoms in total. The van der Waals surface area contributed by atoms with Crippen LogP contribution in [0.3, 0.4) is 0 Å². The number of halogens is 1. The maximum Gasteiger partial charge on any atom is 0.282 e. The van der Waals surface area contributed by atoms with Crippen molar-refractivity contribution in [1.82, 2.24) is 9.88 Å². The van der Waals surface area contributed by atoms with Crippen LogP contribution in [-0.2, 0) is 0 Å². The minimum atomic E-state index is -0.616. The van der Waals surface area contributed by atoms with Gasteiger partial charge in [-0.3, -0.25) is 14.9 Å². The van der Waals surface area contributed by atoms with Gasteiger partial charge in [-0.15, -0.1) is 0 Å². The first-order valence-electron chi connectivity index (χ1n) is 7.24. The van der Waals surface area contributed by atoms with Gasteiger partial charge in [0.2, 0.25) is 5.88 Å². The molecule has 0 spiro atoms. The summed E-state index contributed by atoms with van der Waals surface area (Å²) in [7, 11) is 0. The van der Waals surface area contributed by atoms with E-state index < -0.39 is 10.8 Å². The number of nitriles is 1. The maximum atomic E-state index is 12.5. The van der Waals surface area contributed by atoms with Crippen LogP contribution in [0.1, 0.15) is 15.9 Å². The fraction of sp³-hybridized carbons (Fsp3) is 0.188. The minimum Gasteiger partial charge on any atom is -0.471 e. The quantitative estimate of drug-likeness (QED) is 0.613. The molecule has 0 saturated carbocycles. The number of rotatable bonds is 4. The molecule has 0 aliphatic carbocycles. The predicted octanol–water partition coefficient (Wildman–Crippen LogP) is 2.42. The molecule has 1 amide bonds. The van der Waals surface area contributed by atoms with Crippen molar-refractivity contribution in [2.45, 2.75) is 6.10 Å². The van der Waals surface area contributed by atoms with Gasteiger partial charge in [-0.1, -0.05) is 11.6 Å². The molecule has 1 saturated heterocycles. The van der Waals surface area contributed by atoms with Gasteiger partial charge in [-0.25, -0.2) is 4.98 Å². The summed E-state index contributed by atoms with van der Waals surface area (Å²) in [6.45, 7) is 0.530. The molecule has 0 unspecified atom stereocenters. The van der Waals surface area contributed by atoms with Crippen LogP contribution in [0.5, 0.6) is 5.88 Å². The first-order chi connectivity index (χ1) is 12.0. The molecule has 1 fully saturated rings. The first-order valence-corrected chi connectivity index (χ1v) is 7.62. The third-order valence-corrected chi connectivity index (χ3v) is 3.91. The minimum absolute atomic E-state index is 0.0550. The van der Waals surface area contributed by atoms with Gasteiger partial charge in [0.15, 0.2) is 0 Å². The van der Waals surface area contributed by atoms with E-state index in [1.54, 1.807) is 6.07 Å². The molecule has 1 aromatic heterocycles. The number of amides is 1. The second-order valence-electron chi connectivity index (χ2n) is 5.36. The highest BCUT2D eigenvalue weighted by Crippen LogP contribution is 2.26. The van der Waals surface area contributed by atoms with Gasteiger partial charge in [-0.05, 0) is 18.2 Å². The molecule has 0 N–H and O–H groups in total. The highest BCUT2D eigenvalue weighted by Gasteiger charge is 2.35. The SMILES string of the molecule is N#Cc1ccnc(OC2CN(C(=O)c3cc(Cl)ccc3[N+](=O)[O-])C2)c1. The summed E-state index contributed by atoms with van der Waals surface area (Å²) in [5.41, 5.74) is 0.0783. The summed E-state index contributed by atoms with van der Waals surface area (Å²) in [6.07, 6.45) is 1.17. The zero-order chi connectivity index (χ0) is 18.0. The number of nitrogens with zero attached hydrogens (tertiary/aromatic N) is 4. The zero-order valence-corrected chi connectivity index (χ0v) is 13.5. The number of ether oxygens (including phenoxy) is 1. The zero-order valence-electron chi connectivity index (χ0n) is 12.8. The Kier molecular flexibility index (Phi) is 4.50. The number of likely N-dealkylation sites (tertiary alicyclic amines) is 1. The number of hydrogen-bond acceptors (Lipinski definition) is 6. The van der Waals surface area contributed by atoms with Crippen LogP contribution in [0, 0.1) is 21.4 Å². The number of aromatic nitrogens is 1. The molecule has 1 aliphatic rings. The van der Waals surface area contributed by atoms with Crippen molar-refractivity contribution in [2.75, 3.05) is 13.1 Å². The Morgan fingerprint density at radius 1 is 1.40 bits per heavy atom. The third kappa shape index (κ3) is 3.51. The van der Waals surface area contributed by atoms with E-state index in [2.05, 4.69) is 4.98 Å². The van der Waals surface area contributed by atoms with Gasteiger partial charge in [0.25, 0.3) is 11.6 Å². The molecule has 2 aromatic rings. The Hall–Kier alpha value is -3.18. The second-order valence-corrected chi connectivity index (χ2v) is 5.80. The molecule has 25 heavy (non-hydrogen) atoms. The van der Waals surface area contributed by atoms with Crippen molar-refractivity contribution in [2.24, 2.45) is 0 Å². The molecule has 1 aliphatic heterocycles. The van der Waals surface area contributed by atoms with E-state index in [1.807, 2.05) is 6.07 Å². The molecular formula is C16H11ClN4O4.